The molecule has 0 amide bonds. The van der Waals surface area contributed by atoms with Crippen LogP contribution in [0.3, 0.4) is 0 Å². The van der Waals surface area contributed by atoms with Crippen molar-refractivity contribution in [2.75, 3.05) is 0 Å². The molecule has 23 heavy (non-hydrogen) atoms. The lowest BCUT2D eigenvalue weighted by Gasteiger charge is -2.34. The summed E-state index contributed by atoms with van der Waals surface area (Å²) >= 11 is 0. The van der Waals surface area contributed by atoms with Gasteiger partial charge in [0.25, 0.3) is 0 Å². The van der Waals surface area contributed by atoms with Crippen LogP contribution in [0.1, 0.15) is 18.9 Å². The number of hydrogen-bond donors (Lipinski definition) is 0. The second-order valence-corrected chi connectivity index (χ2v) is 11.3. The lowest BCUT2D eigenvalue weighted by molar-refractivity contribution is -0.111. The van der Waals surface area contributed by atoms with Crippen molar-refractivity contribution < 1.29 is 4.79 Å². The van der Waals surface area contributed by atoms with Gasteiger partial charge in [-0.3, -0.25) is 0 Å². The molecular formula is C21H26OSi. The number of benzene rings is 2. The quantitative estimate of drug-likeness (QED) is 0.523. The predicted molar refractivity (Wildman–Crippen MR) is 103 cm³/mol. The molecule has 0 aliphatic carbocycles. The fourth-order valence-corrected chi connectivity index (χ4v) is 6.59. The van der Waals surface area contributed by atoms with E-state index >= 15 is 0 Å². The SMILES string of the molecule is CC[C@@H](C=O)[C@H](/C=C/c1ccccc1)[Si](C)(C)c1ccccc1. The average Bonchev–Trinajstić information content (AvgIpc) is 2.60. The molecule has 0 unspecified atom stereocenters. The molecule has 2 aromatic carbocycles. The lowest BCUT2D eigenvalue weighted by atomic mass is 10.0. The molecule has 0 spiro atoms. The van der Waals surface area contributed by atoms with Crippen LogP contribution in [0.2, 0.25) is 18.6 Å². The number of carbonyl (C=O) groups is 1. The Morgan fingerprint density at radius 3 is 2.04 bits per heavy atom. The molecule has 0 radical (unpaired) electrons. The highest BCUT2D eigenvalue weighted by atomic mass is 28.3. The highest BCUT2D eigenvalue weighted by Crippen LogP contribution is 2.33. The highest BCUT2D eigenvalue weighted by Gasteiger charge is 2.36. The zero-order valence-electron chi connectivity index (χ0n) is 14.3. The van der Waals surface area contributed by atoms with Gasteiger partial charge in [0.15, 0.2) is 0 Å². The van der Waals surface area contributed by atoms with Crippen molar-refractivity contribution in [1.82, 2.24) is 0 Å². The first-order chi connectivity index (χ1) is 11.1. The molecule has 0 aliphatic rings. The summed E-state index contributed by atoms with van der Waals surface area (Å²) in [5.41, 5.74) is 1.49. The Labute approximate surface area is 141 Å². The van der Waals surface area contributed by atoms with Crippen molar-refractivity contribution in [1.29, 1.82) is 0 Å². The van der Waals surface area contributed by atoms with Crippen LogP contribution >= 0.6 is 0 Å². The third-order valence-corrected chi connectivity index (χ3v) is 8.86. The molecule has 2 rings (SSSR count). The minimum Gasteiger partial charge on any atom is -0.303 e. The van der Waals surface area contributed by atoms with Crippen LogP contribution in [0.15, 0.2) is 66.7 Å². The Kier molecular flexibility index (Phi) is 6.11. The topological polar surface area (TPSA) is 17.1 Å². The minimum atomic E-state index is -1.79. The fraction of sp³-hybridized carbons (Fsp3) is 0.286. The van der Waals surface area contributed by atoms with E-state index in [-0.39, 0.29) is 5.92 Å². The molecule has 0 heterocycles. The van der Waals surface area contributed by atoms with E-state index in [1.165, 1.54) is 10.8 Å². The van der Waals surface area contributed by atoms with Crippen molar-refractivity contribution in [3.63, 3.8) is 0 Å². The van der Waals surface area contributed by atoms with Gasteiger partial charge >= 0.3 is 0 Å². The molecule has 0 saturated heterocycles. The van der Waals surface area contributed by atoms with Gasteiger partial charge < -0.3 is 4.79 Å². The Morgan fingerprint density at radius 2 is 1.52 bits per heavy atom. The van der Waals surface area contributed by atoms with Crippen LogP contribution in [-0.2, 0) is 4.79 Å². The summed E-state index contributed by atoms with van der Waals surface area (Å²) in [5.74, 6) is 0.0804. The van der Waals surface area contributed by atoms with Crippen LogP contribution in [0.5, 0.6) is 0 Å². The van der Waals surface area contributed by atoms with Crippen LogP contribution in [0.4, 0.5) is 0 Å². The molecule has 2 atom stereocenters. The van der Waals surface area contributed by atoms with E-state index in [0.29, 0.717) is 5.54 Å². The second-order valence-electron chi connectivity index (χ2n) is 6.59. The number of carbonyl (C=O) groups excluding carboxylic acids is 1. The van der Waals surface area contributed by atoms with Crippen LogP contribution in [-0.4, -0.2) is 14.4 Å². The normalized spacial score (nSPS) is 14.6. The molecule has 0 fully saturated rings. The fourth-order valence-electron chi connectivity index (χ4n) is 3.19. The summed E-state index contributed by atoms with van der Waals surface area (Å²) in [4.78, 5) is 11.7. The van der Waals surface area contributed by atoms with E-state index in [1.54, 1.807) is 0 Å². The maximum Gasteiger partial charge on any atom is 0.123 e. The second kappa shape index (κ2) is 8.07. The first-order valence-electron chi connectivity index (χ1n) is 8.33. The molecule has 0 aliphatic heterocycles. The van der Waals surface area contributed by atoms with Crippen LogP contribution < -0.4 is 5.19 Å². The summed E-state index contributed by atoms with van der Waals surface area (Å²) < 4.78 is 0. The van der Waals surface area contributed by atoms with E-state index in [0.717, 1.165) is 12.7 Å². The molecular weight excluding hydrogens is 296 g/mol. The van der Waals surface area contributed by atoms with Crippen molar-refractivity contribution >= 4 is 25.6 Å². The van der Waals surface area contributed by atoms with Crippen molar-refractivity contribution in [2.45, 2.75) is 32.0 Å². The summed E-state index contributed by atoms with van der Waals surface area (Å²) in [7, 11) is -1.79. The number of allylic oxidation sites excluding steroid dienone is 1. The van der Waals surface area contributed by atoms with E-state index in [9.17, 15) is 4.79 Å². The van der Waals surface area contributed by atoms with Crippen molar-refractivity contribution in [3.05, 3.63) is 72.3 Å². The maximum absolute atomic E-state index is 11.7. The van der Waals surface area contributed by atoms with E-state index in [4.69, 9.17) is 0 Å². The lowest BCUT2D eigenvalue weighted by Crippen LogP contribution is -2.48. The first kappa shape index (κ1) is 17.4. The van der Waals surface area contributed by atoms with E-state index in [1.807, 2.05) is 18.2 Å². The number of hydrogen-bond acceptors (Lipinski definition) is 1. The van der Waals surface area contributed by atoms with Gasteiger partial charge in [0.1, 0.15) is 6.29 Å². The minimum absolute atomic E-state index is 0.0804. The Bertz CT molecular complexity index is 631. The van der Waals surface area contributed by atoms with Crippen molar-refractivity contribution in [3.8, 4) is 0 Å². The van der Waals surface area contributed by atoms with E-state index < -0.39 is 8.07 Å². The largest absolute Gasteiger partial charge is 0.303 e. The van der Waals surface area contributed by atoms with Crippen LogP contribution in [0.25, 0.3) is 6.08 Å². The molecule has 2 heteroatoms. The number of rotatable bonds is 7. The zero-order valence-corrected chi connectivity index (χ0v) is 15.3. The van der Waals surface area contributed by atoms with Gasteiger partial charge in [0, 0.05) is 5.92 Å². The first-order valence-corrected chi connectivity index (χ1v) is 11.4. The molecule has 0 aromatic heterocycles. The predicted octanol–water partition coefficient (Wildman–Crippen LogP) is 4.91. The smallest absolute Gasteiger partial charge is 0.123 e. The summed E-state index contributed by atoms with van der Waals surface area (Å²) in [6, 6.07) is 21.0. The maximum atomic E-state index is 11.7. The van der Waals surface area contributed by atoms with Gasteiger partial charge in [-0.25, -0.2) is 0 Å². The van der Waals surface area contributed by atoms with Gasteiger partial charge in [-0.15, -0.1) is 0 Å². The number of aldehydes is 1. The molecule has 0 saturated carbocycles. The monoisotopic (exact) mass is 322 g/mol. The molecule has 120 valence electrons. The zero-order chi connectivity index (χ0) is 16.7. The third kappa shape index (κ3) is 4.29. The molecule has 1 nitrogen and oxygen atoms in total. The standard InChI is InChI=1S/C21H26OSi/c1-4-19(17-22)21(16-15-18-11-7-5-8-12-18)23(2,3)20-13-9-6-10-14-20/h5-17,19,21H,4H2,1-3H3/b16-15+/t19-,21-/m0/s1. The van der Waals surface area contributed by atoms with E-state index in [2.05, 4.69) is 74.6 Å². The van der Waals surface area contributed by atoms with Crippen LogP contribution in [0, 0.1) is 5.92 Å². The molecule has 2 aromatic rings. The van der Waals surface area contributed by atoms with Gasteiger partial charge in [-0.1, -0.05) is 98.0 Å². The van der Waals surface area contributed by atoms with Gasteiger partial charge in [-0.2, -0.15) is 0 Å². The van der Waals surface area contributed by atoms with Gasteiger partial charge in [-0.05, 0) is 17.5 Å². The summed E-state index contributed by atoms with van der Waals surface area (Å²) in [5, 5.41) is 1.41. The van der Waals surface area contributed by atoms with Gasteiger partial charge in [0.05, 0.1) is 8.07 Å². The average molecular weight is 323 g/mol. The summed E-state index contributed by atoms with van der Waals surface area (Å²) in [6.45, 7) is 6.85. The highest BCUT2D eigenvalue weighted by molar-refractivity contribution is 6.91. The summed E-state index contributed by atoms with van der Waals surface area (Å²) in [6.07, 6.45) is 6.49. The Hall–Kier alpha value is -1.93. The van der Waals surface area contributed by atoms with Crippen molar-refractivity contribution in [2.24, 2.45) is 5.92 Å². The molecule has 0 bridgehead atoms. The Balaban J connectivity index is 2.38. The molecule has 0 N–H and O–H groups in total. The Morgan fingerprint density at radius 1 is 0.957 bits per heavy atom. The third-order valence-electron chi connectivity index (χ3n) is 4.75. The van der Waals surface area contributed by atoms with Gasteiger partial charge in [0.2, 0.25) is 0 Å².